The lowest BCUT2D eigenvalue weighted by Gasteiger charge is -2.05. The van der Waals surface area contributed by atoms with Crippen molar-refractivity contribution in [3.05, 3.63) is 34.3 Å². The van der Waals surface area contributed by atoms with E-state index in [1.807, 2.05) is 32.0 Å². The van der Waals surface area contributed by atoms with E-state index in [9.17, 15) is 4.79 Å². The van der Waals surface area contributed by atoms with Crippen LogP contribution in [0.4, 0.5) is 0 Å². The monoisotopic (exact) mass is 247 g/mol. The van der Waals surface area contributed by atoms with Crippen LogP contribution in [0, 0.1) is 13.8 Å². The summed E-state index contributed by atoms with van der Waals surface area (Å²) in [6, 6.07) is 5.90. The maximum absolute atomic E-state index is 10.8. The fraction of sp³-hybridized carbons (Fsp3) is 0.231. The lowest BCUT2D eigenvalue weighted by molar-refractivity contribution is 0.111. The molecule has 0 radical (unpaired) electrons. The van der Waals surface area contributed by atoms with Gasteiger partial charge in [-0.05, 0) is 37.6 Å². The lowest BCUT2D eigenvalue weighted by atomic mass is 10.1. The van der Waals surface area contributed by atoms with Crippen LogP contribution in [0.5, 0.6) is 5.75 Å². The molecule has 2 aromatic rings. The fourth-order valence-corrected chi connectivity index (χ4v) is 2.53. The summed E-state index contributed by atoms with van der Waals surface area (Å²) in [4.78, 5) is 16.0. The molecule has 0 atom stereocenters. The Kier molecular flexibility index (Phi) is 3.24. The molecule has 0 fully saturated rings. The summed E-state index contributed by atoms with van der Waals surface area (Å²) < 4.78 is 5.21. The Morgan fingerprint density at radius 2 is 2.12 bits per heavy atom. The average Bonchev–Trinajstić information content (AvgIpc) is 2.70. The van der Waals surface area contributed by atoms with Crippen LogP contribution in [-0.4, -0.2) is 18.4 Å². The molecule has 0 aliphatic carbocycles. The zero-order chi connectivity index (χ0) is 12.4. The number of rotatable bonds is 3. The first-order valence-electron chi connectivity index (χ1n) is 5.23. The Morgan fingerprint density at radius 3 is 2.65 bits per heavy atom. The van der Waals surface area contributed by atoms with Crippen molar-refractivity contribution >= 4 is 17.6 Å². The largest absolute Gasteiger partial charge is 0.496 e. The first kappa shape index (κ1) is 11.8. The van der Waals surface area contributed by atoms with Crippen molar-refractivity contribution in [1.29, 1.82) is 0 Å². The Hall–Kier alpha value is -1.68. The molecular weight excluding hydrogens is 234 g/mol. The summed E-state index contributed by atoms with van der Waals surface area (Å²) in [5, 5.41) is 0.871. The molecule has 2 rings (SSSR count). The van der Waals surface area contributed by atoms with Gasteiger partial charge in [-0.3, -0.25) is 4.79 Å². The molecule has 0 saturated heterocycles. The van der Waals surface area contributed by atoms with Gasteiger partial charge in [0.2, 0.25) is 0 Å². The SMILES string of the molecule is COc1ccc(-c2nc(C=O)c(C)s2)cc1C. The van der Waals surface area contributed by atoms with Gasteiger partial charge in [-0.1, -0.05) is 0 Å². The summed E-state index contributed by atoms with van der Waals surface area (Å²) in [5.41, 5.74) is 2.61. The Morgan fingerprint density at radius 1 is 1.35 bits per heavy atom. The zero-order valence-corrected chi connectivity index (χ0v) is 10.8. The minimum atomic E-state index is 0.526. The molecule has 0 spiro atoms. The summed E-state index contributed by atoms with van der Waals surface area (Å²) in [6.45, 7) is 3.89. The maximum Gasteiger partial charge on any atom is 0.169 e. The van der Waals surface area contributed by atoms with Crippen molar-refractivity contribution in [1.82, 2.24) is 4.98 Å². The second-order valence-corrected chi connectivity index (χ2v) is 4.97. The molecular formula is C13H13NO2S. The van der Waals surface area contributed by atoms with Gasteiger partial charge in [-0.15, -0.1) is 11.3 Å². The standard InChI is InChI=1S/C13H13NO2S/c1-8-6-10(4-5-12(8)16-3)13-14-11(7-15)9(2)17-13/h4-7H,1-3H3. The highest BCUT2D eigenvalue weighted by Crippen LogP contribution is 2.30. The van der Waals surface area contributed by atoms with Crippen molar-refractivity contribution < 1.29 is 9.53 Å². The number of carbonyl (C=O) groups is 1. The number of nitrogens with zero attached hydrogens (tertiary/aromatic N) is 1. The molecule has 17 heavy (non-hydrogen) atoms. The molecule has 4 heteroatoms. The molecule has 3 nitrogen and oxygen atoms in total. The quantitative estimate of drug-likeness (QED) is 0.781. The van der Waals surface area contributed by atoms with Crippen LogP contribution in [0.2, 0.25) is 0 Å². The Bertz CT molecular complexity index is 561. The smallest absolute Gasteiger partial charge is 0.169 e. The first-order valence-corrected chi connectivity index (χ1v) is 6.05. The van der Waals surface area contributed by atoms with Crippen molar-refractivity contribution in [2.24, 2.45) is 0 Å². The third-order valence-corrected chi connectivity index (χ3v) is 3.62. The van der Waals surface area contributed by atoms with Crippen molar-refractivity contribution in [3.8, 4) is 16.3 Å². The van der Waals surface area contributed by atoms with Gasteiger partial charge in [0.25, 0.3) is 0 Å². The van der Waals surface area contributed by atoms with E-state index in [2.05, 4.69) is 4.98 Å². The van der Waals surface area contributed by atoms with Gasteiger partial charge in [0, 0.05) is 10.4 Å². The van der Waals surface area contributed by atoms with Crippen LogP contribution in [0.15, 0.2) is 18.2 Å². The van der Waals surface area contributed by atoms with Gasteiger partial charge in [0.15, 0.2) is 6.29 Å². The van der Waals surface area contributed by atoms with E-state index in [1.165, 1.54) is 11.3 Å². The van der Waals surface area contributed by atoms with E-state index >= 15 is 0 Å². The number of aldehydes is 1. The molecule has 0 aliphatic heterocycles. The number of hydrogen-bond donors (Lipinski definition) is 0. The molecule has 1 heterocycles. The number of carbonyl (C=O) groups excluding carboxylic acids is 1. The minimum Gasteiger partial charge on any atom is -0.496 e. The van der Waals surface area contributed by atoms with E-state index in [0.29, 0.717) is 5.69 Å². The van der Waals surface area contributed by atoms with Gasteiger partial charge >= 0.3 is 0 Å². The average molecular weight is 247 g/mol. The molecule has 0 N–H and O–H groups in total. The van der Waals surface area contributed by atoms with E-state index < -0.39 is 0 Å². The summed E-state index contributed by atoms with van der Waals surface area (Å²) in [7, 11) is 1.65. The number of hydrogen-bond acceptors (Lipinski definition) is 4. The molecule has 0 amide bonds. The Labute approximate surface area is 104 Å². The van der Waals surface area contributed by atoms with Gasteiger partial charge < -0.3 is 4.74 Å². The van der Waals surface area contributed by atoms with Gasteiger partial charge in [0.05, 0.1) is 7.11 Å². The van der Waals surface area contributed by atoms with Crippen LogP contribution in [0.3, 0.4) is 0 Å². The van der Waals surface area contributed by atoms with Gasteiger partial charge in [-0.2, -0.15) is 0 Å². The van der Waals surface area contributed by atoms with Crippen molar-refractivity contribution in [2.45, 2.75) is 13.8 Å². The first-order chi connectivity index (χ1) is 8.15. The van der Waals surface area contributed by atoms with Gasteiger partial charge in [0.1, 0.15) is 16.5 Å². The minimum absolute atomic E-state index is 0.526. The number of ether oxygens (including phenoxy) is 1. The molecule has 0 unspecified atom stereocenters. The second-order valence-electron chi connectivity index (χ2n) is 3.76. The zero-order valence-electron chi connectivity index (χ0n) is 9.98. The van der Waals surface area contributed by atoms with E-state index in [0.717, 1.165) is 33.0 Å². The predicted molar refractivity (Wildman–Crippen MR) is 69.0 cm³/mol. The van der Waals surface area contributed by atoms with Crippen LogP contribution in [0.25, 0.3) is 10.6 Å². The van der Waals surface area contributed by atoms with Crippen molar-refractivity contribution in [2.75, 3.05) is 7.11 Å². The predicted octanol–water partition coefficient (Wildman–Crippen LogP) is 3.25. The highest BCUT2D eigenvalue weighted by atomic mass is 32.1. The number of aryl methyl sites for hydroxylation is 2. The van der Waals surface area contributed by atoms with Gasteiger partial charge in [-0.25, -0.2) is 4.98 Å². The molecule has 0 aliphatic rings. The number of benzene rings is 1. The fourth-order valence-electron chi connectivity index (χ4n) is 1.65. The molecule has 1 aromatic heterocycles. The number of thiazole rings is 1. The third-order valence-electron chi connectivity index (χ3n) is 2.59. The second kappa shape index (κ2) is 4.67. The molecule has 1 aromatic carbocycles. The van der Waals surface area contributed by atoms with E-state index in [4.69, 9.17) is 4.74 Å². The molecule has 0 saturated carbocycles. The summed E-state index contributed by atoms with van der Waals surface area (Å²) in [6.07, 6.45) is 0.797. The molecule has 88 valence electrons. The maximum atomic E-state index is 10.8. The number of methoxy groups -OCH3 is 1. The topological polar surface area (TPSA) is 39.2 Å². The summed E-state index contributed by atoms with van der Waals surface area (Å²) >= 11 is 1.53. The van der Waals surface area contributed by atoms with Crippen LogP contribution in [0.1, 0.15) is 20.9 Å². The third kappa shape index (κ3) is 2.22. The van der Waals surface area contributed by atoms with E-state index in [-0.39, 0.29) is 0 Å². The normalized spacial score (nSPS) is 10.3. The van der Waals surface area contributed by atoms with Crippen molar-refractivity contribution in [3.63, 3.8) is 0 Å². The highest BCUT2D eigenvalue weighted by molar-refractivity contribution is 7.15. The van der Waals surface area contributed by atoms with Crippen LogP contribution >= 0.6 is 11.3 Å². The Balaban J connectivity index is 2.45. The lowest BCUT2D eigenvalue weighted by Crippen LogP contribution is -1.88. The van der Waals surface area contributed by atoms with Crippen LogP contribution < -0.4 is 4.74 Å². The summed E-state index contributed by atoms with van der Waals surface area (Å²) in [5.74, 6) is 0.859. The number of aromatic nitrogens is 1. The highest BCUT2D eigenvalue weighted by Gasteiger charge is 2.09. The molecule has 0 bridgehead atoms. The van der Waals surface area contributed by atoms with E-state index in [1.54, 1.807) is 7.11 Å². The van der Waals surface area contributed by atoms with Crippen LogP contribution in [-0.2, 0) is 0 Å².